The van der Waals surface area contributed by atoms with E-state index < -0.39 is 0 Å². The fourth-order valence-corrected chi connectivity index (χ4v) is 2.75. The van der Waals surface area contributed by atoms with Crippen molar-refractivity contribution in [3.63, 3.8) is 0 Å². The molecule has 0 aromatic carbocycles. The molecule has 0 aliphatic heterocycles. The third-order valence-electron chi connectivity index (χ3n) is 2.22. The maximum absolute atomic E-state index is 5.71. The number of nitrogens with two attached hydrogens (primary N) is 1. The van der Waals surface area contributed by atoms with Crippen molar-refractivity contribution in [1.29, 1.82) is 0 Å². The molecule has 0 saturated heterocycles. The summed E-state index contributed by atoms with van der Waals surface area (Å²) in [4.78, 5) is 9.07. The van der Waals surface area contributed by atoms with Crippen LogP contribution in [0.5, 0.6) is 0 Å². The van der Waals surface area contributed by atoms with Gasteiger partial charge in [0, 0.05) is 12.4 Å². The number of nitrogen functional groups attached to an aromatic ring is 1. The summed E-state index contributed by atoms with van der Waals surface area (Å²) in [7, 11) is 0. The van der Waals surface area contributed by atoms with Crippen molar-refractivity contribution >= 4 is 28.9 Å². The number of hydrogen-bond acceptors (Lipinski definition) is 8. The molecule has 0 aliphatic carbocycles. The third-order valence-corrected chi connectivity index (χ3v) is 4.06. The third kappa shape index (κ3) is 2.74. The minimum absolute atomic E-state index is 0.408. The van der Waals surface area contributed by atoms with Gasteiger partial charge in [0.2, 0.25) is 5.89 Å². The Morgan fingerprint density at radius 2 is 2.16 bits per heavy atom. The average molecular weight is 291 g/mol. The Bertz CT molecular complexity index is 667. The molecule has 96 valence electrons. The van der Waals surface area contributed by atoms with E-state index in [1.807, 2.05) is 17.5 Å². The van der Waals surface area contributed by atoms with Crippen LogP contribution in [0.15, 0.2) is 39.3 Å². The Morgan fingerprint density at radius 1 is 1.26 bits per heavy atom. The van der Waals surface area contributed by atoms with Gasteiger partial charge in [0.1, 0.15) is 5.03 Å². The molecule has 0 atom stereocenters. The molecule has 3 aromatic rings. The topological polar surface area (TPSA) is 90.7 Å². The van der Waals surface area contributed by atoms with Gasteiger partial charge in [0.15, 0.2) is 5.82 Å². The van der Waals surface area contributed by atoms with Crippen LogP contribution in [0, 0.1) is 0 Å². The molecule has 0 amide bonds. The quantitative estimate of drug-likeness (QED) is 0.738. The van der Waals surface area contributed by atoms with Crippen molar-refractivity contribution in [3.05, 3.63) is 35.8 Å². The first kappa shape index (κ1) is 12.1. The minimum atomic E-state index is 0.408. The van der Waals surface area contributed by atoms with E-state index >= 15 is 0 Å². The normalized spacial score (nSPS) is 10.7. The van der Waals surface area contributed by atoms with Crippen LogP contribution in [0.4, 0.5) is 5.82 Å². The van der Waals surface area contributed by atoms with Crippen molar-refractivity contribution in [2.24, 2.45) is 0 Å². The van der Waals surface area contributed by atoms with Crippen LogP contribution in [0.25, 0.3) is 10.8 Å². The summed E-state index contributed by atoms with van der Waals surface area (Å²) >= 11 is 2.98. The second kappa shape index (κ2) is 5.37. The predicted octanol–water partition coefficient (Wildman–Crippen LogP) is 2.46. The number of thiophene rings is 1. The molecule has 3 heterocycles. The zero-order chi connectivity index (χ0) is 13.1. The maximum atomic E-state index is 5.71. The Kier molecular flexibility index (Phi) is 3.43. The summed E-state index contributed by atoms with van der Waals surface area (Å²) in [6.45, 7) is 0. The zero-order valence-electron chi connectivity index (χ0n) is 9.68. The molecule has 3 aromatic heterocycles. The van der Waals surface area contributed by atoms with E-state index in [1.165, 1.54) is 11.8 Å². The molecular weight excluding hydrogens is 282 g/mol. The highest BCUT2D eigenvalue weighted by Gasteiger charge is 2.10. The first-order chi connectivity index (χ1) is 9.33. The summed E-state index contributed by atoms with van der Waals surface area (Å²) in [5, 5.41) is 10.6. The lowest BCUT2D eigenvalue weighted by Gasteiger charge is -1.99. The molecule has 0 spiro atoms. The number of thioether (sulfide) groups is 1. The van der Waals surface area contributed by atoms with Gasteiger partial charge >= 0.3 is 0 Å². The van der Waals surface area contributed by atoms with Crippen LogP contribution in [0.3, 0.4) is 0 Å². The number of rotatable bonds is 4. The average Bonchev–Trinajstić information content (AvgIpc) is 3.09. The van der Waals surface area contributed by atoms with Crippen LogP contribution < -0.4 is 5.73 Å². The molecule has 6 nitrogen and oxygen atoms in total. The molecule has 3 rings (SSSR count). The Labute approximate surface area is 117 Å². The fourth-order valence-electron chi connectivity index (χ4n) is 1.39. The summed E-state index contributed by atoms with van der Waals surface area (Å²) < 4.78 is 5.57. The van der Waals surface area contributed by atoms with Crippen molar-refractivity contribution in [3.8, 4) is 10.8 Å². The van der Waals surface area contributed by atoms with Gasteiger partial charge in [-0.1, -0.05) is 17.8 Å². The fraction of sp³-hybridized carbons (Fsp3) is 0.0909. The molecule has 2 N–H and O–H groups in total. The lowest BCUT2D eigenvalue weighted by molar-refractivity contribution is 0.529. The van der Waals surface area contributed by atoms with Gasteiger partial charge in [0.05, 0.1) is 10.6 Å². The molecule has 19 heavy (non-hydrogen) atoms. The Morgan fingerprint density at radius 3 is 2.95 bits per heavy atom. The van der Waals surface area contributed by atoms with E-state index in [0.717, 1.165) is 4.88 Å². The molecule has 0 saturated carbocycles. The highest BCUT2D eigenvalue weighted by molar-refractivity contribution is 7.98. The van der Waals surface area contributed by atoms with E-state index in [4.69, 9.17) is 10.2 Å². The van der Waals surface area contributed by atoms with Gasteiger partial charge in [-0.15, -0.1) is 21.5 Å². The van der Waals surface area contributed by atoms with Crippen molar-refractivity contribution < 1.29 is 4.42 Å². The molecule has 0 unspecified atom stereocenters. The van der Waals surface area contributed by atoms with Gasteiger partial charge < -0.3 is 10.2 Å². The minimum Gasteiger partial charge on any atom is -0.419 e. The van der Waals surface area contributed by atoms with Gasteiger partial charge in [0.25, 0.3) is 5.89 Å². The maximum Gasteiger partial charge on any atom is 0.257 e. The molecule has 0 aliphatic rings. The lowest BCUT2D eigenvalue weighted by Crippen LogP contribution is -1.94. The first-order valence-corrected chi connectivity index (χ1v) is 7.25. The molecular formula is C11H9N5OS2. The van der Waals surface area contributed by atoms with Crippen LogP contribution in [-0.4, -0.2) is 20.2 Å². The second-order valence-electron chi connectivity index (χ2n) is 3.51. The second-order valence-corrected chi connectivity index (χ2v) is 5.43. The number of aromatic nitrogens is 4. The Balaban J connectivity index is 1.70. The highest BCUT2D eigenvalue weighted by Crippen LogP contribution is 2.27. The van der Waals surface area contributed by atoms with Crippen LogP contribution in [-0.2, 0) is 5.75 Å². The molecule has 0 fully saturated rings. The monoisotopic (exact) mass is 291 g/mol. The first-order valence-electron chi connectivity index (χ1n) is 5.38. The van der Waals surface area contributed by atoms with E-state index in [-0.39, 0.29) is 0 Å². The summed E-state index contributed by atoms with van der Waals surface area (Å²) in [6.07, 6.45) is 3.16. The van der Waals surface area contributed by atoms with E-state index in [2.05, 4.69) is 20.2 Å². The van der Waals surface area contributed by atoms with E-state index in [1.54, 1.807) is 23.7 Å². The van der Waals surface area contributed by atoms with Gasteiger partial charge in [-0.2, -0.15) is 0 Å². The summed E-state index contributed by atoms with van der Waals surface area (Å²) in [5.74, 6) is 2.00. The largest absolute Gasteiger partial charge is 0.419 e. The predicted molar refractivity (Wildman–Crippen MR) is 73.6 cm³/mol. The van der Waals surface area contributed by atoms with E-state index in [9.17, 15) is 0 Å². The standard InChI is InChI=1S/C11H9N5OS2/c12-9-11(14-4-3-13-9)19-6-8-15-16-10(17-8)7-2-1-5-18-7/h1-5H,6H2,(H2,12,13). The number of nitrogens with zero attached hydrogens (tertiary/aromatic N) is 4. The molecule has 8 heteroatoms. The number of anilines is 1. The van der Waals surface area contributed by atoms with Crippen LogP contribution >= 0.6 is 23.1 Å². The SMILES string of the molecule is Nc1nccnc1SCc1nnc(-c2cccs2)o1. The lowest BCUT2D eigenvalue weighted by atomic mass is 10.5. The Hall–Kier alpha value is -1.93. The smallest absolute Gasteiger partial charge is 0.257 e. The summed E-state index contributed by atoms with van der Waals surface area (Å²) in [6, 6.07) is 3.88. The molecule has 0 bridgehead atoms. The highest BCUT2D eigenvalue weighted by atomic mass is 32.2. The van der Waals surface area contributed by atoms with Gasteiger partial charge in [-0.3, -0.25) is 0 Å². The van der Waals surface area contributed by atoms with Crippen molar-refractivity contribution in [1.82, 2.24) is 20.2 Å². The van der Waals surface area contributed by atoms with Crippen LogP contribution in [0.1, 0.15) is 5.89 Å². The zero-order valence-corrected chi connectivity index (χ0v) is 11.3. The summed E-state index contributed by atoms with van der Waals surface area (Å²) in [5.41, 5.74) is 5.71. The van der Waals surface area contributed by atoms with Crippen molar-refractivity contribution in [2.75, 3.05) is 5.73 Å². The van der Waals surface area contributed by atoms with E-state index in [0.29, 0.717) is 28.4 Å². The van der Waals surface area contributed by atoms with Gasteiger partial charge in [-0.25, -0.2) is 9.97 Å². The van der Waals surface area contributed by atoms with Gasteiger partial charge in [-0.05, 0) is 11.4 Å². The number of hydrogen-bond donors (Lipinski definition) is 1. The van der Waals surface area contributed by atoms with Crippen LogP contribution in [0.2, 0.25) is 0 Å². The molecule has 0 radical (unpaired) electrons. The van der Waals surface area contributed by atoms with Crippen molar-refractivity contribution in [2.45, 2.75) is 10.8 Å².